The molecule has 0 fully saturated rings. The topological polar surface area (TPSA) is 168 Å². The van der Waals surface area contributed by atoms with Gasteiger partial charge in [0.2, 0.25) is 0 Å². The number of H-pyrrole nitrogens is 1. The van der Waals surface area contributed by atoms with Crippen LogP contribution >= 0.6 is 0 Å². The molecule has 7 N–H and O–H groups in total. The summed E-state index contributed by atoms with van der Waals surface area (Å²) in [5, 5.41) is 16.3. The molecule has 3 aromatic rings. The molecule has 10 nitrogen and oxygen atoms in total. The van der Waals surface area contributed by atoms with Crippen molar-refractivity contribution in [1.82, 2.24) is 4.98 Å². The summed E-state index contributed by atoms with van der Waals surface area (Å²) in [5.74, 6) is -0.0201. The molecule has 0 aliphatic heterocycles. The number of hydrogen-bond donors (Lipinski definition) is 5. The van der Waals surface area contributed by atoms with Crippen LogP contribution in [0.1, 0.15) is 29.9 Å². The van der Waals surface area contributed by atoms with Gasteiger partial charge in [-0.25, -0.2) is 5.14 Å². The van der Waals surface area contributed by atoms with Gasteiger partial charge in [0.05, 0.1) is 16.9 Å². The third-order valence-electron chi connectivity index (χ3n) is 4.07. The Kier molecular flexibility index (Phi) is 5.85. The fraction of sp³-hybridized carbons (Fsp3) is 0.105. The number of fused-ring (bicyclic) bond motifs is 1. The first-order valence-electron chi connectivity index (χ1n) is 8.81. The number of hydrogen-bond acceptors (Lipinski definition) is 5. The summed E-state index contributed by atoms with van der Waals surface area (Å²) in [6.07, 6.45) is 0. The number of nitrogens with one attached hydrogen (secondary N) is 3. The first-order chi connectivity index (χ1) is 14.1. The summed E-state index contributed by atoms with van der Waals surface area (Å²) in [5.41, 5.74) is 8.55. The van der Waals surface area contributed by atoms with E-state index in [4.69, 9.17) is 10.9 Å². The van der Waals surface area contributed by atoms with Crippen molar-refractivity contribution in [2.75, 3.05) is 10.0 Å². The number of amidine groups is 1. The lowest BCUT2D eigenvalue weighted by atomic mass is 10.1. The minimum atomic E-state index is -3.94. The van der Waals surface area contributed by atoms with Crippen molar-refractivity contribution < 1.29 is 13.2 Å². The number of carbonyl (C=O) groups excluding carboxylic acids is 1. The number of nitrogens with two attached hydrogens (primary N) is 2. The van der Waals surface area contributed by atoms with Gasteiger partial charge in [0.15, 0.2) is 0 Å². The number of anilines is 2. The second-order valence-corrected chi connectivity index (χ2v) is 7.85. The number of para-hydroxylation sites is 1. The molecule has 0 spiro atoms. The van der Waals surface area contributed by atoms with Crippen LogP contribution in [0, 0.1) is 0 Å². The molecular weight excluding hydrogens is 406 g/mol. The summed E-state index contributed by atoms with van der Waals surface area (Å²) < 4.78 is 24.9. The van der Waals surface area contributed by atoms with Gasteiger partial charge < -0.3 is 16.0 Å². The SMILES string of the molecule is CC(N)=N/N=C(\C)c1ccc(NC(=O)c2cc3cccc(NS(N)(=O)=O)c3[nH]2)cc1. The highest BCUT2D eigenvalue weighted by Crippen LogP contribution is 2.24. The number of carbonyl (C=O) groups is 1. The highest BCUT2D eigenvalue weighted by atomic mass is 32.2. The lowest BCUT2D eigenvalue weighted by molar-refractivity contribution is 0.102. The van der Waals surface area contributed by atoms with Crippen molar-refractivity contribution in [1.29, 1.82) is 0 Å². The van der Waals surface area contributed by atoms with E-state index in [9.17, 15) is 13.2 Å². The third-order valence-corrected chi connectivity index (χ3v) is 4.58. The van der Waals surface area contributed by atoms with Crippen LogP contribution in [-0.2, 0) is 10.2 Å². The van der Waals surface area contributed by atoms with Crippen LogP contribution in [0.4, 0.5) is 11.4 Å². The van der Waals surface area contributed by atoms with E-state index < -0.39 is 10.2 Å². The van der Waals surface area contributed by atoms with Gasteiger partial charge >= 0.3 is 0 Å². The van der Waals surface area contributed by atoms with Gasteiger partial charge in [-0.2, -0.15) is 13.5 Å². The van der Waals surface area contributed by atoms with Crippen LogP contribution in [-0.4, -0.2) is 30.9 Å². The molecule has 0 saturated heterocycles. The zero-order valence-electron chi connectivity index (χ0n) is 16.3. The maximum Gasteiger partial charge on any atom is 0.296 e. The molecule has 0 aliphatic rings. The largest absolute Gasteiger partial charge is 0.386 e. The zero-order chi connectivity index (χ0) is 21.9. The third kappa shape index (κ3) is 5.21. The van der Waals surface area contributed by atoms with Crippen molar-refractivity contribution in [3.63, 3.8) is 0 Å². The smallest absolute Gasteiger partial charge is 0.296 e. The molecule has 0 atom stereocenters. The first-order valence-corrected chi connectivity index (χ1v) is 10.4. The van der Waals surface area contributed by atoms with E-state index >= 15 is 0 Å². The minimum absolute atomic E-state index is 0.253. The van der Waals surface area contributed by atoms with Gasteiger partial charge in [-0.15, -0.1) is 5.10 Å². The highest BCUT2D eigenvalue weighted by molar-refractivity contribution is 7.90. The quantitative estimate of drug-likeness (QED) is 0.231. The number of aromatic amines is 1. The number of aromatic nitrogens is 1. The van der Waals surface area contributed by atoms with Gasteiger partial charge in [-0.05, 0) is 43.7 Å². The maximum absolute atomic E-state index is 12.6. The highest BCUT2D eigenvalue weighted by Gasteiger charge is 2.14. The minimum Gasteiger partial charge on any atom is -0.386 e. The summed E-state index contributed by atoms with van der Waals surface area (Å²) in [4.78, 5) is 15.5. The molecule has 11 heteroatoms. The van der Waals surface area contributed by atoms with Crippen molar-refractivity contribution in [3.8, 4) is 0 Å². The van der Waals surface area contributed by atoms with Gasteiger partial charge in [0.25, 0.3) is 16.1 Å². The lowest BCUT2D eigenvalue weighted by Crippen LogP contribution is -2.21. The zero-order valence-corrected chi connectivity index (χ0v) is 17.1. The number of benzene rings is 2. The summed E-state index contributed by atoms with van der Waals surface area (Å²) in [6, 6.07) is 13.7. The van der Waals surface area contributed by atoms with E-state index in [0.717, 1.165) is 5.56 Å². The van der Waals surface area contributed by atoms with Crippen LogP contribution in [0.25, 0.3) is 10.9 Å². The predicted molar refractivity (Wildman–Crippen MR) is 119 cm³/mol. The van der Waals surface area contributed by atoms with E-state index in [-0.39, 0.29) is 17.3 Å². The van der Waals surface area contributed by atoms with E-state index in [1.165, 1.54) is 0 Å². The molecular formula is C19H21N7O3S. The molecule has 1 aromatic heterocycles. The molecule has 3 rings (SSSR count). The fourth-order valence-corrected chi connectivity index (χ4v) is 3.20. The molecule has 0 bridgehead atoms. The van der Waals surface area contributed by atoms with Crippen molar-refractivity contribution in [3.05, 3.63) is 59.8 Å². The van der Waals surface area contributed by atoms with Crippen LogP contribution in [0.2, 0.25) is 0 Å². The van der Waals surface area contributed by atoms with Gasteiger partial charge in [0.1, 0.15) is 11.5 Å². The molecule has 1 heterocycles. The normalized spacial score (nSPS) is 12.8. The van der Waals surface area contributed by atoms with Crippen LogP contribution in [0.5, 0.6) is 0 Å². The monoisotopic (exact) mass is 427 g/mol. The number of rotatable bonds is 6. The first kappa shape index (κ1) is 21.0. The van der Waals surface area contributed by atoms with E-state index in [2.05, 4.69) is 25.2 Å². The van der Waals surface area contributed by atoms with Crippen LogP contribution < -0.4 is 20.9 Å². The Morgan fingerprint density at radius 3 is 2.40 bits per heavy atom. The second-order valence-electron chi connectivity index (χ2n) is 6.56. The fourth-order valence-electron chi connectivity index (χ4n) is 2.72. The molecule has 0 aliphatic carbocycles. The second kappa shape index (κ2) is 8.35. The van der Waals surface area contributed by atoms with Crippen LogP contribution in [0.3, 0.4) is 0 Å². The van der Waals surface area contributed by atoms with Gasteiger partial charge in [-0.3, -0.25) is 9.52 Å². The molecule has 156 valence electrons. The van der Waals surface area contributed by atoms with Gasteiger partial charge in [-0.1, -0.05) is 24.3 Å². The molecule has 1 amide bonds. The Morgan fingerprint density at radius 2 is 1.77 bits per heavy atom. The van der Waals surface area contributed by atoms with Gasteiger partial charge in [0, 0.05) is 11.1 Å². The molecule has 30 heavy (non-hydrogen) atoms. The Bertz CT molecular complexity index is 1260. The van der Waals surface area contributed by atoms with Crippen molar-refractivity contribution >= 4 is 49.9 Å². The summed E-state index contributed by atoms with van der Waals surface area (Å²) in [7, 11) is -3.94. The maximum atomic E-state index is 12.6. The Balaban J connectivity index is 1.79. The van der Waals surface area contributed by atoms with Crippen molar-refractivity contribution in [2.45, 2.75) is 13.8 Å². The molecule has 0 unspecified atom stereocenters. The lowest BCUT2D eigenvalue weighted by Gasteiger charge is -2.06. The molecule has 0 saturated carbocycles. The van der Waals surface area contributed by atoms with E-state index in [0.29, 0.717) is 28.1 Å². The van der Waals surface area contributed by atoms with Crippen LogP contribution in [0.15, 0.2) is 58.7 Å². The Labute approximate surface area is 173 Å². The van der Waals surface area contributed by atoms with E-state index in [1.807, 2.05) is 0 Å². The summed E-state index contributed by atoms with van der Waals surface area (Å²) in [6.45, 7) is 3.45. The average molecular weight is 427 g/mol. The average Bonchev–Trinajstić information content (AvgIpc) is 3.11. The Hall–Kier alpha value is -3.70. The number of nitrogens with zero attached hydrogens (tertiary/aromatic N) is 2. The summed E-state index contributed by atoms with van der Waals surface area (Å²) >= 11 is 0. The van der Waals surface area contributed by atoms with E-state index in [1.54, 1.807) is 62.4 Å². The predicted octanol–water partition coefficient (Wildman–Crippen LogP) is 2.14. The Morgan fingerprint density at radius 1 is 1.07 bits per heavy atom. The standard InChI is InChI=1S/C19H21N7O3S/c1-11(24-25-12(2)20)13-6-8-15(9-7-13)22-19(27)17-10-14-4-3-5-16(18(14)23-17)26-30(21,28)29/h3-10,23,26H,1-2H3,(H2,20,25)(H,22,27)(H2,21,28,29)/b24-11+. The number of amides is 1. The van der Waals surface area contributed by atoms with Crippen molar-refractivity contribution in [2.24, 2.45) is 21.1 Å². The molecule has 0 radical (unpaired) electrons. The molecule has 2 aromatic carbocycles.